The van der Waals surface area contributed by atoms with E-state index < -0.39 is 38.4 Å². The third-order valence-corrected chi connectivity index (χ3v) is 5.55. The first kappa shape index (κ1) is 20.2. The number of nitrogens with two attached hydrogens (primary N) is 1. The molecule has 3 N–H and O–H groups in total. The maximum atomic E-state index is 13.7. The molecule has 0 radical (unpaired) electrons. The molecule has 0 aromatic heterocycles. The van der Waals surface area contributed by atoms with Crippen LogP contribution in [0.3, 0.4) is 0 Å². The molecule has 0 saturated heterocycles. The van der Waals surface area contributed by atoms with Crippen LogP contribution in [-0.2, 0) is 10.0 Å². The summed E-state index contributed by atoms with van der Waals surface area (Å²) in [6.45, 7) is 0.0647. The standard InChI is InChI=1S/C14H19F3N2O2S.ClH/c15-10-6-12(17)14(7-11(10)16)22(20,21)19-13(8-18)9-4-2-1-3-5-9;/h6-7,9,13,19H,1-5,8,18H2;1H. The second kappa shape index (κ2) is 8.32. The second-order valence-corrected chi connectivity index (χ2v) is 7.24. The summed E-state index contributed by atoms with van der Waals surface area (Å²) in [6, 6.07) is 0.0291. The molecule has 0 amide bonds. The van der Waals surface area contributed by atoms with Crippen molar-refractivity contribution in [1.82, 2.24) is 4.72 Å². The van der Waals surface area contributed by atoms with Gasteiger partial charge >= 0.3 is 0 Å². The van der Waals surface area contributed by atoms with E-state index in [9.17, 15) is 21.6 Å². The van der Waals surface area contributed by atoms with E-state index >= 15 is 0 Å². The van der Waals surface area contributed by atoms with E-state index in [0.29, 0.717) is 6.07 Å². The Morgan fingerprint density at radius 1 is 1.09 bits per heavy atom. The van der Waals surface area contributed by atoms with Crippen LogP contribution in [0.15, 0.2) is 17.0 Å². The number of benzene rings is 1. The van der Waals surface area contributed by atoms with Crippen LogP contribution < -0.4 is 10.5 Å². The summed E-state index contributed by atoms with van der Waals surface area (Å²) < 4.78 is 66.6. The van der Waals surface area contributed by atoms with Gasteiger partial charge in [-0.05, 0) is 24.8 Å². The van der Waals surface area contributed by atoms with Gasteiger partial charge in [-0.25, -0.2) is 26.3 Å². The van der Waals surface area contributed by atoms with Gasteiger partial charge in [-0.1, -0.05) is 19.3 Å². The average molecular weight is 373 g/mol. The van der Waals surface area contributed by atoms with E-state index in [-0.39, 0.29) is 30.9 Å². The SMILES string of the molecule is Cl.NCC(NS(=O)(=O)c1cc(F)c(F)cc1F)C1CCCCC1. The molecule has 1 atom stereocenters. The monoisotopic (exact) mass is 372 g/mol. The Bertz CT molecular complexity index is 637. The summed E-state index contributed by atoms with van der Waals surface area (Å²) in [7, 11) is -4.30. The van der Waals surface area contributed by atoms with Crippen LogP contribution in [0.25, 0.3) is 0 Å². The summed E-state index contributed by atoms with van der Waals surface area (Å²) in [6.07, 6.45) is 4.75. The van der Waals surface area contributed by atoms with Crippen molar-refractivity contribution in [3.05, 3.63) is 29.6 Å². The summed E-state index contributed by atoms with van der Waals surface area (Å²) in [5.74, 6) is -4.10. The van der Waals surface area contributed by atoms with E-state index in [1.165, 1.54) is 0 Å². The lowest BCUT2D eigenvalue weighted by molar-refractivity contribution is 0.294. The van der Waals surface area contributed by atoms with E-state index in [0.717, 1.165) is 32.1 Å². The highest BCUT2D eigenvalue weighted by Gasteiger charge is 2.29. The number of hydrogen-bond donors (Lipinski definition) is 2. The van der Waals surface area contributed by atoms with E-state index in [1.807, 2.05) is 0 Å². The Morgan fingerprint density at radius 3 is 2.22 bits per heavy atom. The van der Waals surface area contributed by atoms with Crippen molar-refractivity contribution in [3.63, 3.8) is 0 Å². The summed E-state index contributed by atoms with van der Waals surface area (Å²) in [4.78, 5) is -0.902. The van der Waals surface area contributed by atoms with Crippen LogP contribution in [0.2, 0.25) is 0 Å². The molecule has 23 heavy (non-hydrogen) atoms. The first-order valence-corrected chi connectivity index (χ1v) is 8.70. The Hall–Kier alpha value is -0.830. The fraction of sp³-hybridized carbons (Fsp3) is 0.571. The molecule has 0 bridgehead atoms. The van der Waals surface area contributed by atoms with Gasteiger partial charge in [0.2, 0.25) is 10.0 Å². The smallest absolute Gasteiger partial charge is 0.243 e. The van der Waals surface area contributed by atoms with Gasteiger partial charge < -0.3 is 5.73 Å². The van der Waals surface area contributed by atoms with Gasteiger partial charge in [0.05, 0.1) is 0 Å². The molecular weight excluding hydrogens is 353 g/mol. The van der Waals surface area contributed by atoms with Crippen molar-refractivity contribution in [1.29, 1.82) is 0 Å². The van der Waals surface area contributed by atoms with Crippen LogP contribution in [0.5, 0.6) is 0 Å². The third kappa shape index (κ3) is 4.82. The Morgan fingerprint density at radius 2 is 1.65 bits per heavy atom. The molecule has 0 spiro atoms. The zero-order chi connectivity index (χ0) is 16.3. The van der Waals surface area contributed by atoms with Crippen LogP contribution in [0, 0.1) is 23.4 Å². The lowest BCUT2D eigenvalue weighted by Gasteiger charge is -2.29. The minimum atomic E-state index is -4.30. The van der Waals surface area contributed by atoms with Crippen molar-refractivity contribution in [2.45, 2.75) is 43.0 Å². The molecule has 1 saturated carbocycles. The van der Waals surface area contributed by atoms with Gasteiger partial charge in [0.15, 0.2) is 11.6 Å². The average Bonchev–Trinajstić information content (AvgIpc) is 2.49. The largest absolute Gasteiger partial charge is 0.329 e. The predicted molar refractivity (Wildman–Crippen MR) is 83.3 cm³/mol. The molecule has 0 aliphatic heterocycles. The zero-order valence-electron chi connectivity index (χ0n) is 12.4. The van der Waals surface area contributed by atoms with Gasteiger partial charge in [-0.3, -0.25) is 0 Å². The Kier molecular flexibility index (Phi) is 7.31. The molecule has 1 aromatic carbocycles. The molecule has 1 fully saturated rings. The van der Waals surface area contributed by atoms with Crippen LogP contribution in [0.1, 0.15) is 32.1 Å². The predicted octanol–water partition coefficient (Wildman–Crippen LogP) is 2.71. The van der Waals surface area contributed by atoms with Gasteiger partial charge in [-0.2, -0.15) is 0 Å². The Balaban J connectivity index is 0.00000264. The molecule has 9 heteroatoms. The zero-order valence-corrected chi connectivity index (χ0v) is 14.0. The van der Waals surface area contributed by atoms with Crippen molar-refractivity contribution >= 4 is 22.4 Å². The summed E-state index contributed by atoms with van der Waals surface area (Å²) >= 11 is 0. The van der Waals surface area contributed by atoms with Crippen molar-refractivity contribution in [3.8, 4) is 0 Å². The summed E-state index contributed by atoms with van der Waals surface area (Å²) in [5, 5.41) is 0. The molecule has 1 aromatic rings. The maximum Gasteiger partial charge on any atom is 0.243 e. The molecule has 1 unspecified atom stereocenters. The number of sulfonamides is 1. The number of hydrogen-bond acceptors (Lipinski definition) is 3. The van der Waals surface area contributed by atoms with E-state index in [4.69, 9.17) is 5.73 Å². The highest BCUT2D eigenvalue weighted by Crippen LogP contribution is 2.27. The molecule has 2 rings (SSSR count). The van der Waals surface area contributed by atoms with Crippen molar-refractivity contribution < 1.29 is 21.6 Å². The highest BCUT2D eigenvalue weighted by molar-refractivity contribution is 7.89. The second-order valence-electron chi connectivity index (χ2n) is 5.56. The summed E-state index contributed by atoms with van der Waals surface area (Å²) in [5.41, 5.74) is 5.63. The van der Waals surface area contributed by atoms with Gasteiger partial charge in [-0.15, -0.1) is 12.4 Å². The lowest BCUT2D eigenvalue weighted by Crippen LogP contribution is -2.46. The fourth-order valence-corrected chi connectivity index (χ4v) is 4.23. The quantitative estimate of drug-likeness (QED) is 0.780. The van der Waals surface area contributed by atoms with Crippen molar-refractivity contribution in [2.24, 2.45) is 11.7 Å². The molecule has 1 aliphatic carbocycles. The minimum absolute atomic E-state index is 0. The fourth-order valence-electron chi connectivity index (χ4n) is 2.85. The third-order valence-electron chi connectivity index (χ3n) is 4.04. The first-order chi connectivity index (χ1) is 10.3. The van der Waals surface area contributed by atoms with E-state index in [1.54, 1.807) is 0 Å². The molecular formula is C14H20ClF3N2O2S. The Labute approximate surface area is 140 Å². The number of halogens is 4. The number of rotatable bonds is 5. The molecule has 132 valence electrons. The van der Waals surface area contributed by atoms with Crippen molar-refractivity contribution in [2.75, 3.05) is 6.54 Å². The molecule has 1 aliphatic rings. The van der Waals surface area contributed by atoms with Gasteiger partial charge in [0.25, 0.3) is 0 Å². The lowest BCUT2D eigenvalue weighted by atomic mass is 9.84. The molecule has 0 heterocycles. The van der Waals surface area contributed by atoms with Gasteiger partial charge in [0, 0.05) is 18.7 Å². The van der Waals surface area contributed by atoms with Crippen LogP contribution in [0.4, 0.5) is 13.2 Å². The van der Waals surface area contributed by atoms with Crippen LogP contribution >= 0.6 is 12.4 Å². The minimum Gasteiger partial charge on any atom is -0.329 e. The van der Waals surface area contributed by atoms with E-state index in [2.05, 4.69) is 4.72 Å². The maximum absolute atomic E-state index is 13.7. The number of nitrogens with one attached hydrogen (secondary N) is 1. The molecule has 4 nitrogen and oxygen atoms in total. The van der Waals surface area contributed by atoms with Gasteiger partial charge in [0.1, 0.15) is 10.7 Å². The normalized spacial score (nSPS) is 17.6. The van der Waals surface area contributed by atoms with Crippen LogP contribution in [-0.4, -0.2) is 21.0 Å². The topological polar surface area (TPSA) is 72.2 Å². The first-order valence-electron chi connectivity index (χ1n) is 7.22. The highest BCUT2D eigenvalue weighted by atomic mass is 35.5.